The summed E-state index contributed by atoms with van der Waals surface area (Å²) in [4.78, 5) is 12.6. The highest BCUT2D eigenvalue weighted by atomic mass is 16.5. The highest BCUT2D eigenvalue weighted by molar-refractivity contribution is 5.93. The van der Waals surface area contributed by atoms with Gasteiger partial charge in [0, 0.05) is 24.1 Å². The molecule has 6 N–H and O–H groups in total. The van der Waals surface area contributed by atoms with E-state index in [2.05, 4.69) is 0 Å². The fourth-order valence-electron chi connectivity index (χ4n) is 3.56. The maximum atomic E-state index is 12.6. The van der Waals surface area contributed by atoms with Crippen molar-refractivity contribution in [3.8, 4) is 46.0 Å². The number of aromatic hydroxyl groups is 5. The van der Waals surface area contributed by atoms with Gasteiger partial charge in [0.2, 0.25) is 5.75 Å². The van der Waals surface area contributed by atoms with E-state index < -0.39 is 29.7 Å². The van der Waals surface area contributed by atoms with Crippen LogP contribution < -0.4 is 14.2 Å². The Morgan fingerprint density at radius 2 is 1.70 bits per heavy atom. The van der Waals surface area contributed by atoms with E-state index in [1.165, 1.54) is 31.4 Å². The van der Waals surface area contributed by atoms with Gasteiger partial charge in [-0.2, -0.15) is 0 Å². The van der Waals surface area contributed by atoms with Crippen LogP contribution in [0.2, 0.25) is 0 Å². The standard InChI is InChI=1S/C23H20O10/c1-31-20-6-11(4-16(27)21(20)29)23(30)33-19-5-10(2-3-14(19)25)22-17(28)9-13-15(26)7-12(24)8-18(13)32-22/h2-8,17,22,24-29H,9H2,1H3. The molecule has 0 saturated heterocycles. The Morgan fingerprint density at radius 1 is 0.939 bits per heavy atom. The predicted molar refractivity (Wildman–Crippen MR) is 112 cm³/mol. The Balaban J connectivity index is 1.62. The summed E-state index contributed by atoms with van der Waals surface area (Å²) in [5.74, 6) is -3.11. The predicted octanol–water partition coefficient (Wildman–Crippen LogP) is 2.48. The highest BCUT2D eigenvalue weighted by Crippen LogP contribution is 2.43. The number of esters is 1. The molecule has 10 heteroatoms. The molecule has 0 fully saturated rings. The van der Waals surface area contributed by atoms with E-state index in [4.69, 9.17) is 14.2 Å². The largest absolute Gasteiger partial charge is 0.508 e. The van der Waals surface area contributed by atoms with Gasteiger partial charge in [-0.15, -0.1) is 0 Å². The number of hydrogen-bond donors (Lipinski definition) is 6. The van der Waals surface area contributed by atoms with E-state index in [1.54, 1.807) is 0 Å². The Kier molecular flexibility index (Phi) is 5.52. The average Bonchev–Trinajstić information content (AvgIpc) is 2.77. The molecule has 0 amide bonds. The van der Waals surface area contributed by atoms with E-state index in [-0.39, 0.29) is 46.5 Å². The molecule has 1 aliphatic rings. The number of carbonyl (C=O) groups is 1. The Morgan fingerprint density at radius 3 is 2.42 bits per heavy atom. The van der Waals surface area contributed by atoms with Crippen molar-refractivity contribution in [3.05, 3.63) is 59.2 Å². The fraction of sp³-hybridized carbons (Fsp3) is 0.174. The molecule has 0 aromatic heterocycles. The number of fused-ring (bicyclic) bond motifs is 1. The van der Waals surface area contributed by atoms with Gasteiger partial charge in [0.25, 0.3) is 0 Å². The zero-order chi connectivity index (χ0) is 23.9. The van der Waals surface area contributed by atoms with Gasteiger partial charge in [-0.05, 0) is 29.8 Å². The van der Waals surface area contributed by atoms with Crippen molar-refractivity contribution < 1.29 is 49.6 Å². The summed E-state index contributed by atoms with van der Waals surface area (Å²) in [6.07, 6.45) is -2.00. The molecule has 2 unspecified atom stereocenters. The van der Waals surface area contributed by atoms with Crippen LogP contribution in [-0.4, -0.2) is 49.8 Å². The van der Waals surface area contributed by atoms with Gasteiger partial charge in [0.05, 0.1) is 18.8 Å². The van der Waals surface area contributed by atoms with Crippen molar-refractivity contribution in [2.75, 3.05) is 7.11 Å². The molecule has 0 radical (unpaired) electrons. The first-order valence-corrected chi connectivity index (χ1v) is 9.72. The second-order valence-electron chi connectivity index (χ2n) is 7.41. The first-order valence-electron chi connectivity index (χ1n) is 9.72. The summed E-state index contributed by atoms with van der Waals surface area (Å²) in [5.41, 5.74) is 0.534. The number of ether oxygens (including phenoxy) is 3. The average molecular weight is 456 g/mol. The molecular weight excluding hydrogens is 436 g/mol. The van der Waals surface area contributed by atoms with Crippen LogP contribution in [0.5, 0.6) is 46.0 Å². The number of aliphatic hydroxyl groups excluding tert-OH is 1. The Bertz CT molecular complexity index is 1240. The zero-order valence-electron chi connectivity index (χ0n) is 17.2. The number of benzene rings is 3. The lowest BCUT2D eigenvalue weighted by molar-refractivity contribution is 0.0196. The summed E-state index contributed by atoms with van der Waals surface area (Å²) < 4.78 is 15.9. The Labute approximate surface area is 187 Å². The zero-order valence-corrected chi connectivity index (χ0v) is 17.2. The van der Waals surface area contributed by atoms with E-state index in [0.717, 1.165) is 18.2 Å². The first kappa shape index (κ1) is 21.9. The van der Waals surface area contributed by atoms with Crippen molar-refractivity contribution in [1.29, 1.82) is 0 Å². The summed E-state index contributed by atoms with van der Waals surface area (Å²) in [5, 5.41) is 59.9. The number of aliphatic hydroxyl groups is 1. The van der Waals surface area contributed by atoms with Gasteiger partial charge in [-0.1, -0.05) is 6.07 Å². The summed E-state index contributed by atoms with van der Waals surface area (Å²) in [7, 11) is 1.24. The number of phenols is 5. The van der Waals surface area contributed by atoms with Crippen LogP contribution in [0, 0.1) is 0 Å². The van der Waals surface area contributed by atoms with Gasteiger partial charge in [0.1, 0.15) is 23.4 Å². The van der Waals surface area contributed by atoms with Crippen molar-refractivity contribution in [2.24, 2.45) is 0 Å². The van der Waals surface area contributed by atoms with Gasteiger partial charge >= 0.3 is 5.97 Å². The number of rotatable bonds is 4. The van der Waals surface area contributed by atoms with Gasteiger partial charge in [0.15, 0.2) is 23.0 Å². The molecule has 4 rings (SSSR count). The second kappa shape index (κ2) is 8.32. The minimum absolute atomic E-state index is 0.0364. The molecule has 2 atom stereocenters. The lowest BCUT2D eigenvalue weighted by atomic mass is 9.94. The number of methoxy groups -OCH3 is 1. The summed E-state index contributed by atoms with van der Waals surface area (Å²) >= 11 is 0. The van der Waals surface area contributed by atoms with E-state index in [0.29, 0.717) is 11.1 Å². The van der Waals surface area contributed by atoms with Crippen LogP contribution >= 0.6 is 0 Å². The van der Waals surface area contributed by atoms with Crippen LogP contribution in [0.15, 0.2) is 42.5 Å². The SMILES string of the molecule is COc1cc(C(=O)Oc2cc(C3Oc4cc(O)cc(O)c4CC3O)ccc2O)cc(O)c1O. The molecule has 0 saturated carbocycles. The highest BCUT2D eigenvalue weighted by Gasteiger charge is 2.32. The molecule has 0 aliphatic carbocycles. The van der Waals surface area contributed by atoms with Crippen LogP contribution in [0.4, 0.5) is 0 Å². The van der Waals surface area contributed by atoms with E-state index >= 15 is 0 Å². The van der Waals surface area contributed by atoms with Crippen LogP contribution in [0.1, 0.15) is 27.6 Å². The van der Waals surface area contributed by atoms with E-state index in [9.17, 15) is 35.4 Å². The maximum absolute atomic E-state index is 12.6. The summed E-state index contributed by atoms with van der Waals surface area (Å²) in [6.45, 7) is 0. The number of carbonyl (C=O) groups excluding carboxylic acids is 1. The molecule has 3 aromatic rings. The lowest BCUT2D eigenvalue weighted by Crippen LogP contribution is -2.30. The monoisotopic (exact) mass is 456 g/mol. The van der Waals surface area contributed by atoms with Gasteiger partial charge < -0.3 is 44.8 Å². The maximum Gasteiger partial charge on any atom is 0.343 e. The lowest BCUT2D eigenvalue weighted by Gasteiger charge is -2.31. The van der Waals surface area contributed by atoms with Crippen LogP contribution in [0.3, 0.4) is 0 Å². The van der Waals surface area contributed by atoms with Gasteiger partial charge in [-0.25, -0.2) is 4.79 Å². The number of phenolic OH excluding ortho intramolecular Hbond substituents is 5. The third-order valence-electron chi connectivity index (χ3n) is 5.21. The fourth-order valence-corrected chi connectivity index (χ4v) is 3.56. The molecule has 172 valence electrons. The van der Waals surface area contributed by atoms with Crippen LogP contribution in [0.25, 0.3) is 0 Å². The smallest absolute Gasteiger partial charge is 0.343 e. The normalized spacial score (nSPS) is 17.0. The third kappa shape index (κ3) is 4.11. The third-order valence-corrected chi connectivity index (χ3v) is 5.21. The minimum atomic E-state index is -1.08. The van der Waals surface area contributed by atoms with Crippen LogP contribution in [-0.2, 0) is 6.42 Å². The molecule has 1 aliphatic heterocycles. The molecular formula is C23H20O10. The molecule has 33 heavy (non-hydrogen) atoms. The number of hydrogen-bond acceptors (Lipinski definition) is 10. The minimum Gasteiger partial charge on any atom is -0.508 e. The van der Waals surface area contributed by atoms with E-state index in [1.807, 2.05) is 0 Å². The molecule has 10 nitrogen and oxygen atoms in total. The first-order chi connectivity index (χ1) is 15.7. The molecule has 1 heterocycles. The quantitative estimate of drug-likeness (QED) is 0.195. The van der Waals surface area contributed by atoms with Crippen molar-refractivity contribution in [3.63, 3.8) is 0 Å². The van der Waals surface area contributed by atoms with Crippen molar-refractivity contribution in [2.45, 2.75) is 18.6 Å². The van der Waals surface area contributed by atoms with Crippen molar-refractivity contribution in [1.82, 2.24) is 0 Å². The molecule has 0 bridgehead atoms. The Hall–Kier alpha value is -4.31. The van der Waals surface area contributed by atoms with Crippen molar-refractivity contribution >= 4 is 5.97 Å². The topological polar surface area (TPSA) is 166 Å². The van der Waals surface area contributed by atoms with Gasteiger partial charge in [-0.3, -0.25) is 0 Å². The second-order valence-corrected chi connectivity index (χ2v) is 7.41. The molecule has 0 spiro atoms. The summed E-state index contributed by atoms with van der Waals surface area (Å²) in [6, 6.07) is 8.59. The molecule has 3 aromatic carbocycles.